The first-order valence-electron chi connectivity index (χ1n) is 9.62. The molecule has 0 saturated heterocycles. The van der Waals surface area contributed by atoms with Crippen molar-refractivity contribution in [1.29, 1.82) is 0 Å². The summed E-state index contributed by atoms with van der Waals surface area (Å²) >= 11 is 0. The van der Waals surface area contributed by atoms with E-state index >= 15 is 0 Å². The van der Waals surface area contributed by atoms with Gasteiger partial charge in [0.25, 0.3) is 5.91 Å². The summed E-state index contributed by atoms with van der Waals surface area (Å²) in [4.78, 5) is 19.0. The molecule has 0 fully saturated rings. The van der Waals surface area contributed by atoms with Crippen LogP contribution in [0.3, 0.4) is 0 Å². The molecule has 1 atom stereocenters. The molecular weight excluding hydrogens is 366 g/mol. The van der Waals surface area contributed by atoms with E-state index < -0.39 is 0 Å². The number of imidazole rings is 1. The first-order valence-corrected chi connectivity index (χ1v) is 9.62. The minimum absolute atomic E-state index is 0.0893. The normalized spacial score (nSPS) is 13.9. The topological polar surface area (TPSA) is 65.2 Å². The van der Waals surface area contributed by atoms with Crippen molar-refractivity contribution < 1.29 is 9.53 Å². The first kappa shape index (κ1) is 17.5. The van der Waals surface area contributed by atoms with E-state index in [1.165, 1.54) is 0 Å². The van der Waals surface area contributed by atoms with Crippen LogP contribution in [0.15, 0.2) is 60.9 Å². The zero-order valence-corrected chi connectivity index (χ0v) is 16.3. The Morgan fingerprint density at radius 1 is 1.17 bits per heavy atom. The fourth-order valence-electron chi connectivity index (χ4n) is 3.68. The minimum atomic E-state index is -0.118. The maximum absolute atomic E-state index is 12.8. The fourth-order valence-corrected chi connectivity index (χ4v) is 3.68. The molecule has 2 aromatic heterocycles. The molecule has 1 unspecified atom stereocenters. The smallest absolute Gasteiger partial charge is 0.274 e. The standard InChI is InChI=1S/C22H21N5O2/c1-15(25(2)22(28)19-13-21-27(24-19)11-12-29-21)16-7-9-17(10-8-16)26-14-23-18-5-3-4-6-20(18)26/h3-10,13-15H,11-12H2,1-2H3. The predicted octanol–water partition coefficient (Wildman–Crippen LogP) is 3.45. The molecule has 4 aromatic rings. The quantitative estimate of drug-likeness (QED) is 0.538. The van der Waals surface area contributed by atoms with Gasteiger partial charge in [-0.25, -0.2) is 9.67 Å². The van der Waals surface area contributed by atoms with E-state index in [4.69, 9.17) is 4.74 Å². The van der Waals surface area contributed by atoms with Crippen molar-refractivity contribution in [2.45, 2.75) is 19.5 Å². The summed E-state index contributed by atoms with van der Waals surface area (Å²) in [7, 11) is 1.80. The van der Waals surface area contributed by atoms with Crippen molar-refractivity contribution in [3.63, 3.8) is 0 Å². The summed E-state index contributed by atoms with van der Waals surface area (Å²) in [5, 5.41) is 4.35. The van der Waals surface area contributed by atoms with Gasteiger partial charge in [0.1, 0.15) is 12.9 Å². The lowest BCUT2D eigenvalue weighted by atomic mass is 10.1. The Balaban J connectivity index is 1.36. The summed E-state index contributed by atoms with van der Waals surface area (Å²) < 4.78 is 9.25. The lowest BCUT2D eigenvalue weighted by Crippen LogP contribution is -2.30. The van der Waals surface area contributed by atoms with E-state index in [1.54, 1.807) is 22.7 Å². The van der Waals surface area contributed by atoms with Gasteiger partial charge < -0.3 is 9.64 Å². The van der Waals surface area contributed by atoms with Crippen LogP contribution in [0.1, 0.15) is 29.0 Å². The third-order valence-corrected chi connectivity index (χ3v) is 5.52. The lowest BCUT2D eigenvalue weighted by molar-refractivity contribution is 0.0735. The number of benzene rings is 2. The number of hydrogen-bond acceptors (Lipinski definition) is 4. The van der Waals surface area contributed by atoms with Crippen LogP contribution in [-0.4, -0.2) is 43.8 Å². The highest BCUT2D eigenvalue weighted by molar-refractivity contribution is 5.92. The second-order valence-electron chi connectivity index (χ2n) is 7.23. The molecule has 0 bridgehead atoms. The van der Waals surface area contributed by atoms with E-state index in [0.29, 0.717) is 24.7 Å². The van der Waals surface area contributed by atoms with Crippen molar-refractivity contribution in [2.75, 3.05) is 13.7 Å². The molecule has 7 nitrogen and oxygen atoms in total. The van der Waals surface area contributed by atoms with Gasteiger partial charge in [0.15, 0.2) is 5.69 Å². The molecule has 0 spiro atoms. The zero-order valence-electron chi connectivity index (χ0n) is 16.3. The number of carbonyl (C=O) groups excluding carboxylic acids is 1. The SMILES string of the molecule is CC(c1ccc(-n2cnc3ccccc32)cc1)N(C)C(=O)c1cc2n(n1)CCO2. The zero-order chi connectivity index (χ0) is 20.0. The molecule has 1 aliphatic rings. The highest BCUT2D eigenvalue weighted by atomic mass is 16.5. The number of nitrogens with zero attached hydrogens (tertiary/aromatic N) is 5. The average Bonchev–Trinajstić information content (AvgIpc) is 3.47. The van der Waals surface area contributed by atoms with Crippen LogP contribution in [0.25, 0.3) is 16.7 Å². The van der Waals surface area contributed by atoms with E-state index in [9.17, 15) is 4.79 Å². The summed E-state index contributed by atoms with van der Waals surface area (Å²) in [6.45, 7) is 3.31. The van der Waals surface area contributed by atoms with E-state index in [-0.39, 0.29) is 11.9 Å². The Morgan fingerprint density at radius 3 is 2.76 bits per heavy atom. The monoisotopic (exact) mass is 387 g/mol. The molecular formula is C22H21N5O2. The Hall–Kier alpha value is -3.61. The van der Waals surface area contributed by atoms with E-state index in [0.717, 1.165) is 22.3 Å². The number of carbonyl (C=O) groups is 1. The van der Waals surface area contributed by atoms with Gasteiger partial charge in [-0.3, -0.25) is 9.36 Å². The molecule has 7 heteroatoms. The predicted molar refractivity (Wildman–Crippen MR) is 109 cm³/mol. The van der Waals surface area contributed by atoms with Crippen LogP contribution >= 0.6 is 0 Å². The fraction of sp³-hybridized carbons (Fsp3) is 0.227. The molecule has 1 amide bonds. The van der Waals surface area contributed by atoms with Gasteiger partial charge in [0.05, 0.1) is 23.6 Å². The molecule has 2 aromatic carbocycles. The van der Waals surface area contributed by atoms with Gasteiger partial charge in [0.2, 0.25) is 5.88 Å². The molecule has 0 N–H and O–H groups in total. The van der Waals surface area contributed by atoms with Gasteiger partial charge in [-0.15, -0.1) is 0 Å². The Kier molecular flexibility index (Phi) is 4.08. The second-order valence-corrected chi connectivity index (χ2v) is 7.23. The molecule has 146 valence electrons. The summed E-state index contributed by atoms with van der Waals surface area (Å²) in [6.07, 6.45) is 1.83. The largest absolute Gasteiger partial charge is 0.476 e. The van der Waals surface area contributed by atoms with Gasteiger partial charge in [-0.2, -0.15) is 5.10 Å². The number of ether oxygens (including phenoxy) is 1. The van der Waals surface area contributed by atoms with Crippen LogP contribution in [0.4, 0.5) is 0 Å². The van der Waals surface area contributed by atoms with Crippen LogP contribution in [0, 0.1) is 0 Å². The molecule has 29 heavy (non-hydrogen) atoms. The Morgan fingerprint density at radius 2 is 1.97 bits per heavy atom. The number of rotatable bonds is 4. The van der Waals surface area contributed by atoms with E-state index in [1.807, 2.05) is 31.5 Å². The lowest BCUT2D eigenvalue weighted by Gasteiger charge is -2.24. The summed E-state index contributed by atoms with van der Waals surface area (Å²) in [5.74, 6) is 0.541. The minimum Gasteiger partial charge on any atom is -0.476 e. The van der Waals surface area contributed by atoms with Crippen molar-refractivity contribution in [1.82, 2.24) is 24.2 Å². The van der Waals surface area contributed by atoms with Crippen LogP contribution < -0.4 is 4.74 Å². The summed E-state index contributed by atoms with van der Waals surface area (Å²) in [6, 6.07) is 17.9. The van der Waals surface area contributed by atoms with Crippen LogP contribution in [0.2, 0.25) is 0 Å². The second kappa shape index (κ2) is 6.77. The van der Waals surface area contributed by atoms with E-state index in [2.05, 4.69) is 45.0 Å². The Labute approximate surface area is 168 Å². The third kappa shape index (κ3) is 2.95. The maximum Gasteiger partial charge on any atom is 0.274 e. The number of hydrogen-bond donors (Lipinski definition) is 0. The Bertz CT molecular complexity index is 1170. The first-order chi connectivity index (χ1) is 14.1. The molecule has 1 aliphatic heterocycles. The number of fused-ring (bicyclic) bond motifs is 2. The van der Waals surface area contributed by atoms with Crippen LogP contribution in [-0.2, 0) is 6.54 Å². The van der Waals surface area contributed by atoms with Crippen molar-refractivity contribution in [3.05, 3.63) is 72.2 Å². The molecule has 5 rings (SSSR count). The molecule has 0 radical (unpaired) electrons. The number of aromatic nitrogens is 4. The summed E-state index contributed by atoms with van der Waals surface area (Å²) in [5.41, 5.74) is 4.53. The van der Waals surface area contributed by atoms with Crippen molar-refractivity contribution >= 4 is 16.9 Å². The van der Waals surface area contributed by atoms with Crippen molar-refractivity contribution in [2.24, 2.45) is 0 Å². The van der Waals surface area contributed by atoms with Gasteiger partial charge in [-0.1, -0.05) is 24.3 Å². The molecule has 3 heterocycles. The molecule has 0 saturated carbocycles. The maximum atomic E-state index is 12.8. The third-order valence-electron chi connectivity index (χ3n) is 5.52. The highest BCUT2D eigenvalue weighted by Crippen LogP contribution is 2.25. The van der Waals surface area contributed by atoms with Gasteiger partial charge >= 0.3 is 0 Å². The number of para-hydroxylation sites is 2. The molecule has 0 aliphatic carbocycles. The number of amides is 1. The highest BCUT2D eigenvalue weighted by Gasteiger charge is 2.24. The van der Waals surface area contributed by atoms with Gasteiger partial charge in [0, 0.05) is 18.8 Å². The van der Waals surface area contributed by atoms with Crippen molar-refractivity contribution in [3.8, 4) is 11.6 Å². The van der Waals surface area contributed by atoms with Crippen LogP contribution in [0.5, 0.6) is 5.88 Å². The van der Waals surface area contributed by atoms with Gasteiger partial charge in [-0.05, 0) is 36.8 Å². The average molecular weight is 387 g/mol.